The molecule has 27 heavy (non-hydrogen) atoms. The minimum absolute atomic E-state index is 0.0152. The van der Waals surface area contributed by atoms with Crippen molar-refractivity contribution in [1.82, 2.24) is 4.90 Å². The van der Waals surface area contributed by atoms with Gasteiger partial charge in [-0.15, -0.1) is 0 Å². The first-order chi connectivity index (χ1) is 13.2. The van der Waals surface area contributed by atoms with Crippen LogP contribution in [-0.2, 0) is 11.3 Å². The summed E-state index contributed by atoms with van der Waals surface area (Å²) in [6.07, 6.45) is 3.25. The fourth-order valence-electron chi connectivity index (χ4n) is 3.25. The fraction of sp³-hybridized carbons (Fsp3) is 0.318. The molecule has 4 nitrogen and oxygen atoms in total. The lowest BCUT2D eigenvalue weighted by molar-refractivity contribution is -0.121. The maximum absolute atomic E-state index is 13.8. The number of rotatable bonds is 7. The van der Waals surface area contributed by atoms with Gasteiger partial charge in [0.2, 0.25) is 5.91 Å². The van der Waals surface area contributed by atoms with E-state index >= 15 is 0 Å². The highest BCUT2D eigenvalue weighted by Crippen LogP contribution is 2.22. The van der Waals surface area contributed by atoms with E-state index in [1.165, 1.54) is 6.07 Å². The highest BCUT2D eigenvalue weighted by Gasteiger charge is 2.25. The van der Waals surface area contributed by atoms with E-state index in [4.69, 9.17) is 4.74 Å². The standard InChI is InChI=1S/C22H25FN2O2/c1-2-15-27-20-9-7-19(8-10-20)24-22(26)17-11-13-25(14-12-17)16-18-5-3-4-6-21(18)23/h2-10,17H,1,11-16H2,(H,24,26). The number of hydrogen-bond donors (Lipinski definition) is 1. The van der Waals surface area contributed by atoms with E-state index in [-0.39, 0.29) is 17.6 Å². The quantitative estimate of drug-likeness (QED) is 0.743. The second kappa shape index (κ2) is 9.33. The molecule has 1 N–H and O–H groups in total. The maximum Gasteiger partial charge on any atom is 0.227 e. The van der Waals surface area contributed by atoms with E-state index in [1.807, 2.05) is 36.4 Å². The molecule has 0 saturated carbocycles. The van der Waals surface area contributed by atoms with Gasteiger partial charge < -0.3 is 10.1 Å². The van der Waals surface area contributed by atoms with Crippen molar-refractivity contribution >= 4 is 11.6 Å². The monoisotopic (exact) mass is 368 g/mol. The second-order valence-corrected chi connectivity index (χ2v) is 6.76. The third-order valence-electron chi connectivity index (χ3n) is 4.80. The lowest BCUT2D eigenvalue weighted by Crippen LogP contribution is -2.37. The summed E-state index contributed by atoms with van der Waals surface area (Å²) < 4.78 is 19.2. The number of halogens is 1. The van der Waals surface area contributed by atoms with Crippen molar-refractivity contribution in [3.8, 4) is 5.75 Å². The third kappa shape index (κ3) is 5.41. The van der Waals surface area contributed by atoms with Crippen LogP contribution in [0.3, 0.4) is 0 Å². The number of benzene rings is 2. The van der Waals surface area contributed by atoms with Gasteiger partial charge >= 0.3 is 0 Å². The lowest BCUT2D eigenvalue weighted by Gasteiger charge is -2.31. The van der Waals surface area contributed by atoms with Crippen molar-refractivity contribution in [2.45, 2.75) is 19.4 Å². The number of ether oxygens (including phenoxy) is 1. The van der Waals surface area contributed by atoms with E-state index in [1.54, 1.807) is 12.1 Å². The number of anilines is 1. The van der Waals surface area contributed by atoms with E-state index in [0.29, 0.717) is 18.7 Å². The maximum atomic E-state index is 13.8. The predicted octanol–water partition coefficient (Wildman–Crippen LogP) is 4.24. The topological polar surface area (TPSA) is 41.6 Å². The Kier molecular flexibility index (Phi) is 6.60. The first-order valence-electron chi connectivity index (χ1n) is 9.26. The number of carbonyl (C=O) groups excluding carboxylic acids is 1. The van der Waals surface area contributed by atoms with Crippen LogP contribution in [0.25, 0.3) is 0 Å². The van der Waals surface area contributed by atoms with Crippen molar-refractivity contribution in [2.24, 2.45) is 5.92 Å². The molecule has 2 aromatic carbocycles. The molecule has 3 rings (SSSR count). The molecule has 5 heteroatoms. The molecule has 0 aromatic heterocycles. The molecule has 0 spiro atoms. The van der Waals surface area contributed by atoms with Crippen LogP contribution in [0.1, 0.15) is 18.4 Å². The van der Waals surface area contributed by atoms with Crippen LogP contribution in [0, 0.1) is 11.7 Å². The summed E-state index contributed by atoms with van der Waals surface area (Å²) >= 11 is 0. The summed E-state index contributed by atoms with van der Waals surface area (Å²) in [5, 5.41) is 2.98. The molecule has 0 radical (unpaired) electrons. The molecule has 1 aliphatic heterocycles. The first kappa shape index (κ1) is 19.1. The Morgan fingerprint density at radius 2 is 1.89 bits per heavy atom. The van der Waals surface area contributed by atoms with Crippen LogP contribution in [0.2, 0.25) is 0 Å². The number of nitrogens with zero attached hydrogens (tertiary/aromatic N) is 1. The summed E-state index contributed by atoms with van der Waals surface area (Å²) in [5.74, 6) is 0.603. The molecule has 0 atom stereocenters. The Hall–Kier alpha value is -2.66. The minimum Gasteiger partial charge on any atom is -0.490 e. The highest BCUT2D eigenvalue weighted by atomic mass is 19.1. The molecular weight excluding hydrogens is 343 g/mol. The smallest absolute Gasteiger partial charge is 0.227 e. The van der Waals surface area contributed by atoms with Crippen molar-refractivity contribution in [3.05, 3.63) is 72.6 Å². The molecule has 1 amide bonds. The number of hydrogen-bond acceptors (Lipinski definition) is 3. The zero-order valence-corrected chi connectivity index (χ0v) is 15.4. The van der Waals surface area contributed by atoms with Crippen LogP contribution in [-0.4, -0.2) is 30.5 Å². The third-order valence-corrected chi connectivity index (χ3v) is 4.80. The molecule has 1 heterocycles. The molecule has 1 aliphatic rings. The van der Waals surface area contributed by atoms with Gasteiger partial charge in [-0.05, 0) is 56.3 Å². The van der Waals surface area contributed by atoms with E-state index in [9.17, 15) is 9.18 Å². The summed E-state index contributed by atoms with van der Waals surface area (Å²) in [7, 11) is 0. The van der Waals surface area contributed by atoms with Crippen LogP contribution in [0.15, 0.2) is 61.2 Å². The first-order valence-corrected chi connectivity index (χ1v) is 9.26. The molecule has 2 aromatic rings. The highest BCUT2D eigenvalue weighted by molar-refractivity contribution is 5.92. The van der Waals surface area contributed by atoms with Crippen molar-refractivity contribution in [2.75, 3.05) is 25.0 Å². The minimum atomic E-state index is -0.169. The second-order valence-electron chi connectivity index (χ2n) is 6.76. The van der Waals surface area contributed by atoms with Gasteiger partial charge in [0, 0.05) is 23.7 Å². The number of piperidine rings is 1. The van der Waals surface area contributed by atoms with Crippen LogP contribution < -0.4 is 10.1 Å². The van der Waals surface area contributed by atoms with E-state index in [2.05, 4.69) is 16.8 Å². The van der Waals surface area contributed by atoms with Crippen LogP contribution in [0.5, 0.6) is 5.75 Å². The SMILES string of the molecule is C=CCOc1ccc(NC(=O)C2CCN(Cc3ccccc3F)CC2)cc1. The van der Waals surface area contributed by atoms with Crippen molar-refractivity contribution < 1.29 is 13.9 Å². The van der Waals surface area contributed by atoms with Gasteiger partial charge in [-0.1, -0.05) is 30.9 Å². The Labute approximate surface area is 159 Å². The van der Waals surface area contributed by atoms with Crippen molar-refractivity contribution in [3.63, 3.8) is 0 Å². The van der Waals surface area contributed by atoms with Gasteiger partial charge in [-0.3, -0.25) is 9.69 Å². The number of likely N-dealkylation sites (tertiary alicyclic amines) is 1. The summed E-state index contributed by atoms with van der Waals surface area (Å²) in [6, 6.07) is 14.2. The summed E-state index contributed by atoms with van der Waals surface area (Å²) in [6.45, 7) is 6.24. The zero-order chi connectivity index (χ0) is 19.1. The van der Waals surface area contributed by atoms with Gasteiger partial charge in [0.15, 0.2) is 0 Å². The van der Waals surface area contributed by atoms with Gasteiger partial charge in [-0.25, -0.2) is 4.39 Å². The Balaban J connectivity index is 1.47. The molecule has 0 bridgehead atoms. The van der Waals surface area contributed by atoms with Crippen molar-refractivity contribution in [1.29, 1.82) is 0 Å². The fourth-order valence-corrected chi connectivity index (χ4v) is 3.25. The van der Waals surface area contributed by atoms with Gasteiger partial charge in [-0.2, -0.15) is 0 Å². The largest absolute Gasteiger partial charge is 0.490 e. The van der Waals surface area contributed by atoms with Gasteiger partial charge in [0.05, 0.1) is 0 Å². The molecule has 142 valence electrons. The summed E-state index contributed by atoms with van der Waals surface area (Å²) in [4.78, 5) is 14.7. The predicted molar refractivity (Wildman–Crippen MR) is 105 cm³/mol. The van der Waals surface area contributed by atoms with Crippen LogP contribution >= 0.6 is 0 Å². The Morgan fingerprint density at radius 1 is 1.19 bits per heavy atom. The molecular formula is C22H25FN2O2. The normalized spacial score (nSPS) is 15.3. The molecule has 0 aliphatic carbocycles. The average Bonchev–Trinajstić information content (AvgIpc) is 2.70. The number of nitrogens with one attached hydrogen (secondary N) is 1. The van der Waals surface area contributed by atoms with Gasteiger partial charge in [0.25, 0.3) is 0 Å². The molecule has 0 unspecified atom stereocenters. The molecule has 1 saturated heterocycles. The van der Waals surface area contributed by atoms with Crippen LogP contribution in [0.4, 0.5) is 10.1 Å². The number of carbonyl (C=O) groups is 1. The van der Waals surface area contributed by atoms with Gasteiger partial charge in [0.1, 0.15) is 18.2 Å². The number of amides is 1. The Morgan fingerprint density at radius 3 is 2.56 bits per heavy atom. The molecule has 1 fully saturated rings. The van der Waals surface area contributed by atoms with E-state index in [0.717, 1.165) is 37.4 Å². The summed E-state index contributed by atoms with van der Waals surface area (Å²) in [5.41, 5.74) is 1.47. The average molecular weight is 368 g/mol. The Bertz CT molecular complexity index is 768. The zero-order valence-electron chi connectivity index (χ0n) is 15.4. The van der Waals surface area contributed by atoms with E-state index < -0.39 is 0 Å². The lowest BCUT2D eigenvalue weighted by atomic mass is 9.95.